The van der Waals surface area contributed by atoms with Gasteiger partial charge in [-0.3, -0.25) is 9.59 Å². The van der Waals surface area contributed by atoms with E-state index in [1.807, 2.05) is 0 Å². The van der Waals surface area contributed by atoms with E-state index in [0.717, 1.165) is 83.5 Å². The molecule has 6 nitrogen and oxygen atoms in total. The van der Waals surface area contributed by atoms with Gasteiger partial charge in [-0.1, -0.05) is 199 Å². The van der Waals surface area contributed by atoms with Gasteiger partial charge < -0.3 is 20.3 Å². The van der Waals surface area contributed by atoms with Crippen LogP contribution in [0.3, 0.4) is 0 Å². The summed E-state index contributed by atoms with van der Waals surface area (Å²) in [5, 5.41) is 23.1. The number of aliphatic hydroxyl groups is 2. The highest BCUT2D eigenvalue weighted by Gasteiger charge is 2.20. The zero-order valence-corrected chi connectivity index (χ0v) is 38.1. The van der Waals surface area contributed by atoms with Crippen molar-refractivity contribution in [2.45, 2.75) is 276 Å². The predicted octanol–water partition coefficient (Wildman–Crippen LogP) is 14.7. The van der Waals surface area contributed by atoms with Crippen LogP contribution in [-0.2, 0) is 14.3 Å². The summed E-state index contributed by atoms with van der Waals surface area (Å²) in [7, 11) is 0. The van der Waals surface area contributed by atoms with Gasteiger partial charge in [0.15, 0.2) is 0 Å². The minimum absolute atomic E-state index is 0.0349. The number of hydrogen-bond donors (Lipinski definition) is 3. The van der Waals surface area contributed by atoms with Crippen molar-refractivity contribution in [3.05, 3.63) is 24.3 Å². The van der Waals surface area contributed by atoms with E-state index in [9.17, 15) is 19.8 Å². The quantitative estimate of drug-likeness (QED) is 0.0324. The van der Waals surface area contributed by atoms with Crippen LogP contribution in [0.1, 0.15) is 264 Å². The number of carbonyl (C=O) groups excluding carboxylic acids is 2. The monoisotopic (exact) mass is 804 g/mol. The summed E-state index contributed by atoms with van der Waals surface area (Å²) >= 11 is 0. The molecule has 336 valence electrons. The summed E-state index contributed by atoms with van der Waals surface area (Å²) < 4.78 is 5.44. The van der Waals surface area contributed by atoms with E-state index < -0.39 is 12.1 Å². The van der Waals surface area contributed by atoms with Crippen LogP contribution in [-0.4, -0.2) is 47.4 Å². The van der Waals surface area contributed by atoms with E-state index in [4.69, 9.17) is 4.74 Å². The predicted molar refractivity (Wildman–Crippen MR) is 246 cm³/mol. The maximum atomic E-state index is 12.4. The third-order valence-electron chi connectivity index (χ3n) is 11.5. The number of unbranched alkanes of at least 4 members (excludes halogenated alkanes) is 31. The van der Waals surface area contributed by atoms with Gasteiger partial charge in [0.2, 0.25) is 5.91 Å². The number of carbonyl (C=O) groups is 2. The SMILES string of the molecule is CCCCCCCC/C=C\CCCCCCCCCC(=O)OCCCC/C=C\CCCCCCCC(=O)NC(CO)C(O)CCCCCCCCCCCCCC. The van der Waals surface area contributed by atoms with Crippen LogP contribution in [0.5, 0.6) is 0 Å². The molecule has 0 bridgehead atoms. The maximum Gasteiger partial charge on any atom is 0.305 e. The van der Waals surface area contributed by atoms with Gasteiger partial charge in [0.1, 0.15) is 0 Å². The standard InChI is InChI=1S/C51H97NO5/c1-3-5-7-9-11-13-15-17-18-19-20-21-25-29-33-37-41-45-51(56)57-46-42-38-34-30-26-22-24-28-32-36-40-44-50(55)52-48(47-53)49(54)43-39-35-31-27-23-16-14-12-10-8-6-4-2/h17-18,26,30,48-49,53-54H,3-16,19-25,27-29,31-47H2,1-2H3,(H,52,55)/b18-17-,30-26-. The third-order valence-corrected chi connectivity index (χ3v) is 11.5. The summed E-state index contributed by atoms with van der Waals surface area (Å²) in [5.74, 6) is -0.100. The molecule has 0 aromatic carbocycles. The Morgan fingerprint density at radius 3 is 1.25 bits per heavy atom. The lowest BCUT2D eigenvalue weighted by atomic mass is 10.0. The van der Waals surface area contributed by atoms with Gasteiger partial charge in [-0.15, -0.1) is 0 Å². The van der Waals surface area contributed by atoms with Gasteiger partial charge in [-0.2, -0.15) is 0 Å². The topological polar surface area (TPSA) is 95.9 Å². The number of amides is 1. The minimum atomic E-state index is -0.681. The van der Waals surface area contributed by atoms with Crippen LogP contribution in [0.4, 0.5) is 0 Å². The van der Waals surface area contributed by atoms with Crippen LogP contribution in [0.15, 0.2) is 24.3 Å². The first-order valence-electron chi connectivity index (χ1n) is 25.1. The van der Waals surface area contributed by atoms with Gasteiger partial charge >= 0.3 is 5.97 Å². The Labute approximate surface area is 354 Å². The van der Waals surface area contributed by atoms with Crippen LogP contribution in [0.2, 0.25) is 0 Å². The highest BCUT2D eigenvalue weighted by molar-refractivity contribution is 5.76. The molecular weight excluding hydrogens is 707 g/mol. The van der Waals surface area contributed by atoms with Crippen molar-refractivity contribution < 1.29 is 24.5 Å². The van der Waals surface area contributed by atoms with Gasteiger partial charge in [0.05, 0.1) is 25.4 Å². The molecule has 3 N–H and O–H groups in total. The smallest absolute Gasteiger partial charge is 0.305 e. The molecule has 1 amide bonds. The van der Waals surface area contributed by atoms with E-state index in [0.29, 0.717) is 25.9 Å². The molecule has 0 rings (SSSR count). The lowest BCUT2D eigenvalue weighted by molar-refractivity contribution is -0.143. The minimum Gasteiger partial charge on any atom is -0.466 e. The van der Waals surface area contributed by atoms with E-state index in [1.165, 1.54) is 148 Å². The Hall–Kier alpha value is -1.66. The zero-order chi connectivity index (χ0) is 41.5. The lowest BCUT2D eigenvalue weighted by Gasteiger charge is -2.22. The summed E-state index contributed by atoms with van der Waals surface area (Å²) in [5.41, 5.74) is 0. The Bertz CT molecular complexity index is 889. The summed E-state index contributed by atoms with van der Waals surface area (Å²) in [6.07, 6.45) is 54.3. The first kappa shape index (κ1) is 55.3. The van der Waals surface area contributed by atoms with Crippen molar-refractivity contribution in [3.63, 3.8) is 0 Å². The fraction of sp³-hybridized carbons (Fsp3) is 0.882. The van der Waals surface area contributed by atoms with Gasteiger partial charge in [-0.05, 0) is 77.0 Å². The average molecular weight is 804 g/mol. The van der Waals surface area contributed by atoms with Crippen molar-refractivity contribution in [3.8, 4) is 0 Å². The van der Waals surface area contributed by atoms with Gasteiger partial charge in [0, 0.05) is 12.8 Å². The number of allylic oxidation sites excluding steroid dienone is 4. The molecule has 0 radical (unpaired) electrons. The Morgan fingerprint density at radius 1 is 0.474 bits per heavy atom. The highest BCUT2D eigenvalue weighted by atomic mass is 16.5. The summed E-state index contributed by atoms with van der Waals surface area (Å²) in [4.78, 5) is 24.4. The molecule has 0 aromatic heterocycles. The Balaban J connectivity index is 3.50. The van der Waals surface area contributed by atoms with Crippen LogP contribution >= 0.6 is 0 Å². The van der Waals surface area contributed by atoms with E-state index in [2.05, 4.69) is 43.5 Å². The normalized spacial score (nSPS) is 12.8. The largest absolute Gasteiger partial charge is 0.466 e. The molecule has 0 aliphatic rings. The molecule has 0 saturated heterocycles. The van der Waals surface area contributed by atoms with E-state index in [1.54, 1.807) is 0 Å². The second-order valence-corrected chi connectivity index (χ2v) is 17.1. The van der Waals surface area contributed by atoms with E-state index >= 15 is 0 Å². The number of nitrogens with one attached hydrogen (secondary N) is 1. The Morgan fingerprint density at radius 2 is 0.825 bits per heavy atom. The molecule has 2 atom stereocenters. The molecule has 57 heavy (non-hydrogen) atoms. The average Bonchev–Trinajstić information content (AvgIpc) is 3.21. The molecule has 0 fully saturated rings. The number of esters is 1. The first-order chi connectivity index (χ1) is 28.0. The summed E-state index contributed by atoms with van der Waals surface area (Å²) in [6, 6.07) is -0.561. The molecule has 0 aromatic rings. The molecule has 0 aliphatic heterocycles. The molecule has 6 heteroatoms. The molecule has 0 aliphatic carbocycles. The number of ether oxygens (including phenoxy) is 1. The van der Waals surface area contributed by atoms with E-state index in [-0.39, 0.29) is 18.5 Å². The summed E-state index contributed by atoms with van der Waals surface area (Å²) in [6.45, 7) is 4.86. The third kappa shape index (κ3) is 43.7. The first-order valence-corrected chi connectivity index (χ1v) is 25.1. The highest BCUT2D eigenvalue weighted by Crippen LogP contribution is 2.15. The van der Waals surface area contributed by atoms with Gasteiger partial charge in [0.25, 0.3) is 0 Å². The van der Waals surface area contributed by atoms with Crippen molar-refractivity contribution >= 4 is 11.9 Å². The zero-order valence-electron chi connectivity index (χ0n) is 38.1. The fourth-order valence-corrected chi connectivity index (χ4v) is 7.57. The maximum absolute atomic E-state index is 12.4. The second kappa shape index (κ2) is 47.0. The number of aliphatic hydroxyl groups excluding tert-OH is 2. The number of rotatable bonds is 46. The van der Waals surface area contributed by atoms with Crippen molar-refractivity contribution in [2.75, 3.05) is 13.2 Å². The van der Waals surface area contributed by atoms with Crippen molar-refractivity contribution in [1.29, 1.82) is 0 Å². The van der Waals surface area contributed by atoms with Crippen molar-refractivity contribution in [2.24, 2.45) is 0 Å². The van der Waals surface area contributed by atoms with Crippen LogP contribution in [0, 0.1) is 0 Å². The Kier molecular flexibility index (Phi) is 45.7. The molecule has 0 heterocycles. The molecule has 0 spiro atoms. The van der Waals surface area contributed by atoms with Crippen molar-refractivity contribution in [1.82, 2.24) is 5.32 Å². The number of hydrogen-bond acceptors (Lipinski definition) is 5. The molecular formula is C51H97NO5. The fourth-order valence-electron chi connectivity index (χ4n) is 7.57. The second-order valence-electron chi connectivity index (χ2n) is 17.1. The van der Waals surface area contributed by atoms with Gasteiger partial charge in [-0.25, -0.2) is 0 Å². The van der Waals surface area contributed by atoms with Crippen LogP contribution in [0.25, 0.3) is 0 Å². The van der Waals surface area contributed by atoms with Crippen LogP contribution < -0.4 is 5.32 Å². The molecule has 2 unspecified atom stereocenters. The molecule has 0 saturated carbocycles. The lowest BCUT2D eigenvalue weighted by Crippen LogP contribution is -2.45.